The van der Waals surface area contributed by atoms with Gasteiger partial charge in [0, 0.05) is 4.47 Å². The van der Waals surface area contributed by atoms with Crippen LogP contribution in [0.25, 0.3) is 0 Å². The van der Waals surface area contributed by atoms with Gasteiger partial charge in [0.2, 0.25) is 0 Å². The highest BCUT2D eigenvalue weighted by Gasteiger charge is 2.16. The molecule has 0 radical (unpaired) electrons. The molecule has 0 saturated carbocycles. The van der Waals surface area contributed by atoms with Crippen LogP contribution in [0.5, 0.6) is 5.75 Å². The molecule has 0 atom stereocenters. The number of aromatic hydroxyl groups is 1. The third-order valence-corrected chi connectivity index (χ3v) is 1.97. The van der Waals surface area contributed by atoms with Crippen LogP contribution in [0, 0.1) is 5.82 Å². The minimum atomic E-state index is -0.966. The first kappa shape index (κ1) is 11.0. The van der Waals surface area contributed by atoms with E-state index in [1.807, 2.05) is 0 Å². The molecule has 0 bridgehead atoms. The molecule has 14 heavy (non-hydrogen) atoms. The Bertz CT molecular complexity index is 365. The quantitative estimate of drug-likeness (QED) is 0.834. The monoisotopic (exact) mass is 262 g/mol. The average molecular weight is 263 g/mol. The molecule has 76 valence electrons. The van der Waals surface area contributed by atoms with E-state index in [1.54, 1.807) is 6.92 Å². The first-order valence-electron chi connectivity index (χ1n) is 3.91. The van der Waals surface area contributed by atoms with Gasteiger partial charge in [-0.2, -0.15) is 0 Å². The second kappa shape index (κ2) is 4.41. The molecule has 1 rings (SSSR count). The second-order valence-corrected chi connectivity index (χ2v) is 3.42. The number of benzene rings is 1. The minimum absolute atomic E-state index is 0.158. The zero-order valence-electron chi connectivity index (χ0n) is 7.38. The first-order valence-corrected chi connectivity index (χ1v) is 4.70. The Morgan fingerprint density at radius 1 is 1.64 bits per heavy atom. The fourth-order valence-corrected chi connectivity index (χ4v) is 1.38. The molecule has 1 aromatic carbocycles. The summed E-state index contributed by atoms with van der Waals surface area (Å²) in [4.78, 5) is 11.2. The third kappa shape index (κ3) is 2.23. The predicted octanol–water partition coefficient (Wildman–Crippen LogP) is 2.47. The van der Waals surface area contributed by atoms with Gasteiger partial charge in [-0.1, -0.05) is 15.9 Å². The molecule has 0 aromatic heterocycles. The molecule has 0 unspecified atom stereocenters. The van der Waals surface area contributed by atoms with Gasteiger partial charge in [0.05, 0.1) is 6.61 Å². The zero-order valence-corrected chi connectivity index (χ0v) is 8.97. The van der Waals surface area contributed by atoms with Crippen molar-refractivity contribution in [1.82, 2.24) is 0 Å². The van der Waals surface area contributed by atoms with Crippen LogP contribution in [0.4, 0.5) is 4.39 Å². The number of esters is 1. The lowest BCUT2D eigenvalue weighted by Gasteiger charge is -2.04. The van der Waals surface area contributed by atoms with E-state index in [1.165, 1.54) is 6.07 Å². The van der Waals surface area contributed by atoms with Crippen LogP contribution in [0.2, 0.25) is 0 Å². The maximum atomic E-state index is 13.2. The number of carbonyl (C=O) groups is 1. The van der Waals surface area contributed by atoms with Crippen LogP contribution in [0.1, 0.15) is 17.3 Å². The van der Waals surface area contributed by atoms with Crippen molar-refractivity contribution in [2.45, 2.75) is 6.92 Å². The van der Waals surface area contributed by atoms with Gasteiger partial charge in [-0.05, 0) is 19.1 Å². The highest BCUT2D eigenvalue weighted by atomic mass is 79.9. The SMILES string of the molecule is CCOC(=O)c1cc(Br)cc(O)c1F. The third-order valence-electron chi connectivity index (χ3n) is 1.51. The van der Waals surface area contributed by atoms with Gasteiger partial charge in [0.1, 0.15) is 5.56 Å². The van der Waals surface area contributed by atoms with Gasteiger partial charge in [-0.25, -0.2) is 9.18 Å². The van der Waals surface area contributed by atoms with Crippen LogP contribution in [0.3, 0.4) is 0 Å². The van der Waals surface area contributed by atoms with Crippen molar-refractivity contribution in [3.8, 4) is 5.75 Å². The summed E-state index contributed by atoms with van der Waals surface area (Å²) in [5.74, 6) is -2.34. The maximum Gasteiger partial charge on any atom is 0.341 e. The number of carbonyl (C=O) groups excluding carboxylic acids is 1. The Morgan fingerprint density at radius 2 is 2.29 bits per heavy atom. The largest absolute Gasteiger partial charge is 0.505 e. The summed E-state index contributed by atoms with van der Waals surface area (Å²) >= 11 is 3.03. The lowest BCUT2D eigenvalue weighted by Crippen LogP contribution is -2.07. The van der Waals surface area contributed by atoms with Gasteiger partial charge in [0.25, 0.3) is 0 Å². The Balaban J connectivity index is 3.13. The van der Waals surface area contributed by atoms with E-state index in [0.717, 1.165) is 6.07 Å². The van der Waals surface area contributed by atoms with Gasteiger partial charge < -0.3 is 9.84 Å². The Labute approximate surface area is 88.6 Å². The van der Waals surface area contributed by atoms with Crippen molar-refractivity contribution in [1.29, 1.82) is 0 Å². The van der Waals surface area contributed by atoms with E-state index in [0.29, 0.717) is 4.47 Å². The summed E-state index contributed by atoms with van der Waals surface area (Å²) in [5.41, 5.74) is -0.279. The number of ether oxygens (including phenoxy) is 1. The van der Waals surface area contributed by atoms with Crippen LogP contribution < -0.4 is 0 Å². The normalized spacial score (nSPS) is 9.93. The van der Waals surface area contributed by atoms with Crippen LogP contribution in [-0.4, -0.2) is 17.7 Å². The van der Waals surface area contributed by atoms with E-state index in [4.69, 9.17) is 5.11 Å². The maximum absolute atomic E-state index is 13.2. The molecular weight excluding hydrogens is 255 g/mol. The first-order chi connectivity index (χ1) is 6.56. The Hall–Kier alpha value is -1.10. The molecule has 0 aliphatic heterocycles. The van der Waals surface area contributed by atoms with Crippen molar-refractivity contribution >= 4 is 21.9 Å². The van der Waals surface area contributed by atoms with Crippen LogP contribution in [0.15, 0.2) is 16.6 Å². The number of hydrogen-bond acceptors (Lipinski definition) is 3. The summed E-state index contributed by atoms with van der Waals surface area (Å²) < 4.78 is 18.2. The van der Waals surface area contributed by atoms with Crippen LogP contribution in [-0.2, 0) is 4.74 Å². The predicted molar refractivity (Wildman–Crippen MR) is 51.7 cm³/mol. The number of hydrogen-bond donors (Lipinski definition) is 1. The van der Waals surface area contributed by atoms with Gasteiger partial charge in [-0.15, -0.1) is 0 Å². The highest BCUT2D eigenvalue weighted by Crippen LogP contribution is 2.25. The molecule has 0 fully saturated rings. The minimum Gasteiger partial charge on any atom is -0.505 e. The zero-order chi connectivity index (χ0) is 10.7. The lowest BCUT2D eigenvalue weighted by molar-refractivity contribution is 0.0520. The molecule has 1 N–H and O–H groups in total. The molecule has 0 aliphatic rings. The molecule has 0 spiro atoms. The summed E-state index contributed by atoms with van der Waals surface area (Å²) in [6.45, 7) is 1.78. The van der Waals surface area contributed by atoms with E-state index in [9.17, 15) is 9.18 Å². The van der Waals surface area contributed by atoms with Crippen molar-refractivity contribution < 1.29 is 19.0 Å². The lowest BCUT2D eigenvalue weighted by atomic mass is 10.2. The standard InChI is InChI=1S/C9H8BrFO3/c1-2-14-9(13)6-3-5(10)4-7(12)8(6)11/h3-4,12H,2H2,1H3. The summed E-state index contributed by atoms with van der Waals surface area (Å²) in [6.07, 6.45) is 0. The fraction of sp³-hybridized carbons (Fsp3) is 0.222. The number of rotatable bonds is 2. The smallest absolute Gasteiger partial charge is 0.341 e. The average Bonchev–Trinajstić information content (AvgIpc) is 2.11. The van der Waals surface area contributed by atoms with Crippen LogP contribution >= 0.6 is 15.9 Å². The van der Waals surface area contributed by atoms with Crippen molar-refractivity contribution in [3.63, 3.8) is 0 Å². The second-order valence-electron chi connectivity index (χ2n) is 2.51. The summed E-state index contributed by atoms with van der Waals surface area (Å²) in [6, 6.07) is 2.42. The molecule has 1 aromatic rings. The molecular formula is C9H8BrFO3. The topological polar surface area (TPSA) is 46.5 Å². The molecule has 0 amide bonds. The van der Waals surface area contributed by atoms with Gasteiger partial charge in [-0.3, -0.25) is 0 Å². The van der Waals surface area contributed by atoms with Crippen molar-refractivity contribution in [2.75, 3.05) is 6.61 Å². The highest BCUT2D eigenvalue weighted by molar-refractivity contribution is 9.10. The molecule has 3 nitrogen and oxygen atoms in total. The summed E-state index contributed by atoms with van der Waals surface area (Å²) in [5, 5.41) is 9.09. The van der Waals surface area contributed by atoms with E-state index >= 15 is 0 Å². The molecule has 0 aliphatic carbocycles. The van der Waals surface area contributed by atoms with Crippen molar-refractivity contribution in [2.24, 2.45) is 0 Å². The number of halogens is 2. The molecule has 0 heterocycles. The summed E-state index contributed by atoms with van der Waals surface area (Å²) in [7, 11) is 0. The van der Waals surface area contributed by atoms with E-state index < -0.39 is 17.5 Å². The van der Waals surface area contributed by atoms with E-state index in [2.05, 4.69) is 20.7 Å². The van der Waals surface area contributed by atoms with Gasteiger partial charge >= 0.3 is 5.97 Å². The fourth-order valence-electron chi connectivity index (χ4n) is 0.932. The number of phenols is 1. The van der Waals surface area contributed by atoms with E-state index in [-0.39, 0.29) is 12.2 Å². The Morgan fingerprint density at radius 3 is 2.86 bits per heavy atom. The molecule has 0 saturated heterocycles. The Kier molecular flexibility index (Phi) is 3.46. The van der Waals surface area contributed by atoms with Crippen molar-refractivity contribution in [3.05, 3.63) is 28.0 Å². The number of phenolic OH excluding ortho intramolecular Hbond substituents is 1. The molecule has 5 heteroatoms. The van der Waals surface area contributed by atoms with Gasteiger partial charge in [0.15, 0.2) is 11.6 Å².